The Kier molecular flexibility index (Phi) is 5.08. The second-order valence-electron chi connectivity index (χ2n) is 5.01. The Labute approximate surface area is 107 Å². The predicted octanol–water partition coefficient (Wildman–Crippen LogP) is 2.38. The Morgan fingerprint density at radius 3 is 2.71 bits per heavy atom. The van der Waals surface area contributed by atoms with Gasteiger partial charge in [0.05, 0.1) is 12.2 Å². The first-order chi connectivity index (χ1) is 7.93. The summed E-state index contributed by atoms with van der Waals surface area (Å²) in [4.78, 5) is 15.9. The van der Waals surface area contributed by atoms with E-state index in [-0.39, 0.29) is 11.3 Å². The molecule has 0 aliphatic heterocycles. The minimum atomic E-state index is -0.0340. The molecule has 1 rings (SSSR count). The molecule has 0 aliphatic rings. The molecule has 0 saturated carbocycles. The standard InChI is InChI=1S/C12H21N3OS/c1-5-6-13-7-10(16)15-11-14-9(8-17-11)12(2,3)4/h8,13H,5-7H2,1-4H3,(H,14,15,16). The van der Waals surface area contributed by atoms with Gasteiger partial charge < -0.3 is 10.6 Å². The number of hydrogen-bond donors (Lipinski definition) is 2. The van der Waals surface area contributed by atoms with Crippen molar-refractivity contribution in [2.45, 2.75) is 39.5 Å². The van der Waals surface area contributed by atoms with Gasteiger partial charge in [-0.15, -0.1) is 11.3 Å². The number of rotatable bonds is 5. The molecule has 96 valence electrons. The van der Waals surface area contributed by atoms with E-state index < -0.39 is 0 Å². The molecule has 0 aliphatic carbocycles. The van der Waals surface area contributed by atoms with E-state index in [1.165, 1.54) is 11.3 Å². The maximum Gasteiger partial charge on any atom is 0.240 e. The SMILES string of the molecule is CCCNCC(=O)Nc1nc(C(C)(C)C)cs1. The number of amides is 1. The maximum absolute atomic E-state index is 11.5. The van der Waals surface area contributed by atoms with Crippen molar-refractivity contribution in [3.63, 3.8) is 0 Å². The fraction of sp³-hybridized carbons (Fsp3) is 0.667. The molecule has 1 amide bonds. The van der Waals surface area contributed by atoms with E-state index >= 15 is 0 Å². The fourth-order valence-corrected chi connectivity index (χ4v) is 2.17. The van der Waals surface area contributed by atoms with Crippen molar-refractivity contribution in [1.29, 1.82) is 0 Å². The van der Waals surface area contributed by atoms with Crippen molar-refractivity contribution in [3.05, 3.63) is 11.1 Å². The van der Waals surface area contributed by atoms with Crippen LogP contribution in [0.25, 0.3) is 0 Å². The highest BCUT2D eigenvalue weighted by Gasteiger charge is 2.17. The van der Waals surface area contributed by atoms with Gasteiger partial charge in [-0.25, -0.2) is 4.98 Å². The average molecular weight is 255 g/mol. The van der Waals surface area contributed by atoms with Gasteiger partial charge in [-0.05, 0) is 13.0 Å². The number of aromatic nitrogens is 1. The lowest BCUT2D eigenvalue weighted by molar-refractivity contribution is -0.115. The first kappa shape index (κ1) is 14.1. The summed E-state index contributed by atoms with van der Waals surface area (Å²) in [6.07, 6.45) is 1.03. The third kappa shape index (κ3) is 4.83. The topological polar surface area (TPSA) is 54.0 Å². The third-order valence-electron chi connectivity index (χ3n) is 2.23. The molecule has 0 bridgehead atoms. The molecule has 1 aromatic heterocycles. The van der Waals surface area contributed by atoms with Crippen LogP contribution in [0.5, 0.6) is 0 Å². The van der Waals surface area contributed by atoms with Gasteiger partial charge in [0, 0.05) is 10.8 Å². The van der Waals surface area contributed by atoms with Crippen molar-refractivity contribution >= 4 is 22.4 Å². The molecule has 1 aromatic rings. The summed E-state index contributed by atoms with van der Waals surface area (Å²) in [5, 5.41) is 8.53. The van der Waals surface area contributed by atoms with Crippen LogP contribution in [-0.2, 0) is 10.2 Å². The van der Waals surface area contributed by atoms with Crippen LogP contribution >= 0.6 is 11.3 Å². The summed E-state index contributed by atoms with van der Waals surface area (Å²) in [6.45, 7) is 9.60. The number of carbonyl (C=O) groups excluding carboxylic acids is 1. The first-order valence-corrected chi connectivity index (χ1v) is 6.78. The molecule has 0 spiro atoms. The normalized spacial score (nSPS) is 11.5. The molecule has 0 fully saturated rings. The Bertz CT molecular complexity index is 368. The minimum absolute atomic E-state index is 0.0277. The van der Waals surface area contributed by atoms with E-state index in [0.29, 0.717) is 11.7 Å². The Morgan fingerprint density at radius 2 is 2.18 bits per heavy atom. The molecule has 5 heteroatoms. The summed E-state index contributed by atoms with van der Waals surface area (Å²) in [6, 6.07) is 0. The number of hydrogen-bond acceptors (Lipinski definition) is 4. The van der Waals surface area contributed by atoms with Crippen LogP contribution in [0.15, 0.2) is 5.38 Å². The third-order valence-corrected chi connectivity index (χ3v) is 2.99. The van der Waals surface area contributed by atoms with Gasteiger partial charge in [0.1, 0.15) is 0 Å². The number of carbonyl (C=O) groups is 1. The van der Waals surface area contributed by atoms with Gasteiger partial charge in [0.25, 0.3) is 0 Å². The summed E-state index contributed by atoms with van der Waals surface area (Å²) < 4.78 is 0. The molecule has 0 saturated heterocycles. The van der Waals surface area contributed by atoms with E-state index in [4.69, 9.17) is 0 Å². The Hall–Kier alpha value is -0.940. The van der Waals surface area contributed by atoms with Gasteiger partial charge in [-0.2, -0.15) is 0 Å². The van der Waals surface area contributed by atoms with Crippen molar-refractivity contribution in [1.82, 2.24) is 10.3 Å². The average Bonchev–Trinajstić information content (AvgIpc) is 2.66. The minimum Gasteiger partial charge on any atom is -0.308 e. The zero-order valence-electron chi connectivity index (χ0n) is 11.0. The van der Waals surface area contributed by atoms with Crippen LogP contribution in [0.1, 0.15) is 39.8 Å². The van der Waals surface area contributed by atoms with Crippen molar-refractivity contribution in [2.24, 2.45) is 0 Å². The van der Waals surface area contributed by atoms with Crippen LogP contribution in [0.3, 0.4) is 0 Å². The molecule has 2 N–H and O–H groups in total. The quantitative estimate of drug-likeness (QED) is 0.794. The number of anilines is 1. The van der Waals surface area contributed by atoms with E-state index in [2.05, 4.69) is 43.3 Å². The second kappa shape index (κ2) is 6.12. The Balaban J connectivity index is 2.46. The summed E-state index contributed by atoms with van der Waals surface area (Å²) >= 11 is 1.47. The van der Waals surface area contributed by atoms with Crippen LogP contribution in [-0.4, -0.2) is 24.0 Å². The fourth-order valence-electron chi connectivity index (χ4n) is 1.22. The molecule has 1 heterocycles. The highest BCUT2D eigenvalue weighted by Crippen LogP contribution is 2.26. The molecule has 0 unspecified atom stereocenters. The van der Waals surface area contributed by atoms with Crippen molar-refractivity contribution < 1.29 is 4.79 Å². The smallest absolute Gasteiger partial charge is 0.240 e. The van der Waals surface area contributed by atoms with Crippen LogP contribution < -0.4 is 10.6 Å². The molecular formula is C12H21N3OS. The van der Waals surface area contributed by atoms with Gasteiger partial charge in [-0.1, -0.05) is 27.7 Å². The van der Waals surface area contributed by atoms with Gasteiger partial charge in [0.15, 0.2) is 5.13 Å². The van der Waals surface area contributed by atoms with Crippen molar-refractivity contribution in [2.75, 3.05) is 18.4 Å². The van der Waals surface area contributed by atoms with Gasteiger partial charge in [-0.3, -0.25) is 4.79 Å². The second-order valence-corrected chi connectivity index (χ2v) is 5.87. The maximum atomic E-state index is 11.5. The van der Waals surface area contributed by atoms with Crippen LogP contribution in [0, 0.1) is 0 Å². The molecule has 0 atom stereocenters. The van der Waals surface area contributed by atoms with Gasteiger partial charge in [0.2, 0.25) is 5.91 Å². The number of thiazole rings is 1. The lowest BCUT2D eigenvalue weighted by atomic mass is 9.93. The van der Waals surface area contributed by atoms with Crippen LogP contribution in [0.4, 0.5) is 5.13 Å². The monoisotopic (exact) mass is 255 g/mol. The predicted molar refractivity (Wildman–Crippen MR) is 72.6 cm³/mol. The van der Waals surface area contributed by atoms with Gasteiger partial charge >= 0.3 is 0 Å². The highest BCUT2D eigenvalue weighted by molar-refractivity contribution is 7.13. The van der Waals surface area contributed by atoms with E-state index in [9.17, 15) is 4.79 Å². The van der Waals surface area contributed by atoms with E-state index in [0.717, 1.165) is 18.7 Å². The highest BCUT2D eigenvalue weighted by atomic mass is 32.1. The van der Waals surface area contributed by atoms with E-state index in [1.807, 2.05) is 5.38 Å². The van der Waals surface area contributed by atoms with Crippen molar-refractivity contribution in [3.8, 4) is 0 Å². The molecule has 0 radical (unpaired) electrons. The number of nitrogens with one attached hydrogen (secondary N) is 2. The van der Waals surface area contributed by atoms with E-state index in [1.54, 1.807) is 0 Å². The lowest BCUT2D eigenvalue weighted by Gasteiger charge is -2.14. The molecular weight excluding hydrogens is 234 g/mol. The summed E-state index contributed by atoms with van der Waals surface area (Å²) in [5.41, 5.74) is 1.04. The molecule has 4 nitrogen and oxygen atoms in total. The zero-order chi connectivity index (χ0) is 12.9. The summed E-state index contributed by atoms with van der Waals surface area (Å²) in [7, 11) is 0. The Morgan fingerprint density at radius 1 is 1.47 bits per heavy atom. The molecule has 0 aromatic carbocycles. The lowest BCUT2D eigenvalue weighted by Crippen LogP contribution is -2.28. The summed E-state index contributed by atoms with van der Waals surface area (Å²) in [5.74, 6) is -0.0340. The molecule has 17 heavy (non-hydrogen) atoms. The first-order valence-electron chi connectivity index (χ1n) is 5.90. The zero-order valence-corrected chi connectivity index (χ0v) is 11.8. The van der Waals surface area contributed by atoms with Crippen LogP contribution in [0.2, 0.25) is 0 Å². The largest absolute Gasteiger partial charge is 0.308 e. The number of nitrogens with zero attached hydrogens (tertiary/aromatic N) is 1.